The zero-order chi connectivity index (χ0) is 15.0. The van der Waals surface area contributed by atoms with Crippen molar-refractivity contribution in [3.8, 4) is 0 Å². The number of nitrogens with zero attached hydrogens (tertiary/aromatic N) is 4. The van der Waals surface area contributed by atoms with Gasteiger partial charge in [0.05, 0.1) is 6.10 Å². The lowest BCUT2D eigenvalue weighted by atomic mass is 10.3. The molecule has 1 rings (SSSR count). The minimum atomic E-state index is 0.285. The number of hydrogen-bond donors (Lipinski definition) is 3. The van der Waals surface area contributed by atoms with E-state index in [-0.39, 0.29) is 6.10 Å². The summed E-state index contributed by atoms with van der Waals surface area (Å²) in [6.07, 6.45) is 2.27. The van der Waals surface area contributed by atoms with Crippen LogP contribution in [0.1, 0.15) is 26.7 Å². The maximum absolute atomic E-state index is 5.48. The number of unbranched alkanes of at least 4 members (excludes halogenated alkanes) is 1. The number of rotatable bonds is 9. The lowest BCUT2D eigenvalue weighted by Crippen LogP contribution is -2.19. The third kappa shape index (κ3) is 5.98. The molecule has 20 heavy (non-hydrogen) atoms. The maximum atomic E-state index is 5.48. The largest absolute Gasteiger partial charge is 0.379 e. The minimum Gasteiger partial charge on any atom is -0.379 e. The van der Waals surface area contributed by atoms with Crippen LogP contribution in [0.15, 0.2) is 0 Å². The molecule has 1 aromatic heterocycles. The summed E-state index contributed by atoms with van der Waals surface area (Å²) >= 11 is 0. The second kappa shape index (κ2) is 8.49. The van der Waals surface area contributed by atoms with Crippen molar-refractivity contribution in [3.05, 3.63) is 0 Å². The first-order valence-electron chi connectivity index (χ1n) is 6.78. The van der Waals surface area contributed by atoms with Crippen LogP contribution in [0.3, 0.4) is 0 Å². The van der Waals surface area contributed by atoms with E-state index in [2.05, 4.69) is 25.7 Å². The average Bonchev–Trinajstić information content (AvgIpc) is 2.41. The second-order valence-corrected chi connectivity index (χ2v) is 4.87. The molecule has 114 valence electrons. The first-order chi connectivity index (χ1) is 9.52. The topological polar surface area (TPSA) is 101 Å². The molecule has 1 heterocycles. The molecular formula is C12H25N7O. The van der Waals surface area contributed by atoms with Gasteiger partial charge in [0.15, 0.2) is 0 Å². The third-order valence-corrected chi connectivity index (χ3v) is 2.46. The van der Waals surface area contributed by atoms with Gasteiger partial charge in [0, 0.05) is 27.2 Å². The van der Waals surface area contributed by atoms with Gasteiger partial charge < -0.3 is 15.0 Å². The van der Waals surface area contributed by atoms with Crippen molar-refractivity contribution in [2.45, 2.75) is 32.8 Å². The second-order valence-electron chi connectivity index (χ2n) is 4.87. The van der Waals surface area contributed by atoms with Crippen LogP contribution in [0.5, 0.6) is 0 Å². The fourth-order valence-corrected chi connectivity index (χ4v) is 1.45. The monoisotopic (exact) mass is 283 g/mol. The molecule has 0 fully saturated rings. The van der Waals surface area contributed by atoms with E-state index in [0.717, 1.165) is 26.0 Å². The number of hydrogen-bond acceptors (Lipinski definition) is 8. The first-order valence-corrected chi connectivity index (χ1v) is 6.78. The van der Waals surface area contributed by atoms with Gasteiger partial charge in [-0.2, -0.15) is 15.0 Å². The van der Waals surface area contributed by atoms with Crippen molar-refractivity contribution in [3.63, 3.8) is 0 Å². The Kier molecular flexibility index (Phi) is 6.96. The molecule has 8 nitrogen and oxygen atoms in total. The van der Waals surface area contributed by atoms with Crippen molar-refractivity contribution >= 4 is 17.8 Å². The standard InChI is InChI=1S/C12H25N7O/c1-9(2)20-8-6-5-7-14-10-15-11(18-13)17-12(16-10)19(3)4/h9H,5-8,13H2,1-4H3,(H2,14,15,16,17,18). The number of anilines is 3. The maximum Gasteiger partial charge on any atom is 0.243 e. The van der Waals surface area contributed by atoms with Gasteiger partial charge in [-0.1, -0.05) is 0 Å². The van der Waals surface area contributed by atoms with Crippen LogP contribution in [0.4, 0.5) is 17.8 Å². The summed E-state index contributed by atoms with van der Waals surface area (Å²) < 4.78 is 5.48. The molecule has 4 N–H and O–H groups in total. The number of ether oxygens (including phenoxy) is 1. The van der Waals surface area contributed by atoms with E-state index in [9.17, 15) is 0 Å². The summed E-state index contributed by atoms with van der Waals surface area (Å²) in [5.41, 5.74) is 2.44. The van der Waals surface area contributed by atoms with Crippen LogP contribution in [0.25, 0.3) is 0 Å². The smallest absolute Gasteiger partial charge is 0.243 e. The summed E-state index contributed by atoms with van der Waals surface area (Å²) in [5, 5.41) is 3.16. The molecule has 0 spiro atoms. The highest BCUT2D eigenvalue weighted by Crippen LogP contribution is 2.10. The van der Waals surface area contributed by atoms with E-state index < -0.39 is 0 Å². The molecule has 0 aliphatic rings. The summed E-state index contributed by atoms with van der Waals surface area (Å²) in [4.78, 5) is 14.4. The van der Waals surface area contributed by atoms with Crippen molar-refractivity contribution in [1.82, 2.24) is 15.0 Å². The highest BCUT2D eigenvalue weighted by atomic mass is 16.5. The molecule has 0 aliphatic carbocycles. The lowest BCUT2D eigenvalue weighted by Gasteiger charge is -2.13. The average molecular weight is 283 g/mol. The van der Waals surface area contributed by atoms with Crippen molar-refractivity contribution < 1.29 is 4.74 Å². The van der Waals surface area contributed by atoms with E-state index in [4.69, 9.17) is 10.6 Å². The molecule has 0 saturated heterocycles. The van der Waals surface area contributed by atoms with Gasteiger partial charge >= 0.3 is 0 Å². The summed E-state index contributed by atoms with van der Waals surface area (Å²) in [6.45, 7) is 5.62. The van der Waals surface area contributed by atoms with E-state index in [0.29, 0.717) is 17.8 Å². The molecule has 0 aliphatic heterocycles. The Balaban J connectivity index is 2.41. The molecular weight excluding hydrogens is 258 g/mol. The Morgan fingerprint density at radius 1 is 1.15 bits per heavy atom. The van der Waals surface area contributed by atoms with Crippen LogP contribution in [0.2, 0.25) is 0 Å². The Morgan fingerprint density at radius 2 is 1.85 bits per heavy atom. The number of aromatic nitrogens is 3. The third-order valence-electron chi connectivity index (χ3n) is 2.46. The zero-order valence-electron chi connectivity index (χ0n) is 12.7. The van der Waals surface area contributed by atoms with E-state index in [1.54, 1.807) is 4.90 Å². The molecule has 0 bridgehead atoms. The molecule has 0 aromatic carbocycles. The lowest BCUT2D eigenvalue weighted by molar-refractivity contribution is 0.0765. The van der Waals surface area contributed by atoms with Gasteiger partial charge in [0.25, 0.3) is 0 Å². The van der Waals surface area contributed by atoms with Crippen LogP contribution in [0, 0.1) is 0 Å². The molecule has 0 radical (unpaired) electrons. The fourth-order valence-electron chi connectivity index (χ4n) is 1.45. The van der Waals surface area contributed by atoms with Crippen molar-refractivity contribution in [2.75, 3.05) is 42.9 Å². The van der Waals surface area contributed by atoms with Gasteiger partial charge in [-0.15, -0.1) is 0 Å². The first kappa shape index (κ1) is 16.4. The van der Waals surface area contributed by atoms with E-state index in [1.165, 1.54) is 0 Å². The van der Waals surface area contributed by atoms with Gasteiger partial charge in [0.2, 0.25) is 17.8 Å². The molecule has 0 atom stereocenters. The SMILES string of the molecule is CC(C)OCCCCNc1nc(NN)nc(N(C)C)n1. The highest BCUT2D eigenvalue weighted by molar-refractivity contribution is 5.42. The quantitative estimate of drug-likeness (QED) is 0.348. The van der Waals surface area contributed by atoms with Crippen molar-refractivity contribution in [2.24, 2.45) is 5.84 Å². The number of hydrazine groups is 1. The van der Waals surface area contributed by atoms with Crippen LogP contribution in [-0.2, 0) is 4.74 Å². The Bertz CT molecular complexity index is 397. The van der Waals surface area contributed by atoms with Gasteiger partial charge in [-0.05, 0) is 26.7 Å². The summed E-state index contributed by atoms with van der Waals surface area (Å²) in [5.74, 6) is 6.76. The Labute approximate surface area is 120 Å². The predicted octanol–water partition coefficient (Wildman–Crippen LogP) is 0.840. The number of nitrogen functional groups attached to an aromatic ring is 1. The molecule has 0 unspecified atom stereocenters. The molecule has 0 saturated carbocycles. The number of nitrogens with one attached hydrogen (secondary N) is 2. The zero-order valence-corrected chi connectivity index (χ0v) is 12.7. The van der Waals surface area contributed by atoms with Crippen LogP contribution < -0.4 is 21.5 Å². The Morgan fingerprint density at radius 3 is 2.45 bits per heavy atom. The summed E-state index contributed by atoms with van der Waals surface area (Å²) in [7, 11) is 3.73. The van der Waals surface area contributed by atoms with Gasteiger partial charge in [0.1, 0.15) is 0 Å². The van der Waals surface area contributed by atoms with Crippen molar-refractivity contribution in [1.29, 1.82) is 0 Å². The fraction of sp³-hybridized carbons (Fsp3) is 0.750. The van der Waals surface area contributed by atoms with Crippen LogP contribution in [-0.4, -0.2) is 48.3 Å². The normalized spacial score (nSPS) is 10.7. The predicted molar refractivity (Wildman–Crippen MR) is 80.8 cm³/mol. The molecule has 1 aromatic rings. The number of nitrogens with two attached hydrogens (primary N) is 1. The van der Waals surface area contributed by atoms with Gasteiger partial charge in [-0.25, -0.2) is 5.84 Å². The highest BCUT2D eigenvalue weighted by Gasteiger charge is 2.06. The molecule has 0 amide bonds. The van der Waals surface area contributed by atoms with Gasteiger partial charge in [-0.3, -0.25) is 5.43 Å². The molecule has 8 heteroatoms. The van der Waals surface area contributed by atoms with E-state index >= 15 is 0 Å². The summed E-state index contributed by atoms with van der Waals surface area (Å²) in [6, 6.07) is 0. The van der Waals surface area contributed by atoms with Crippen LogP contribution >= 0.6 is 0 Å². The Hall–Kier alpha value is -1.67. The minimum absolute atomic E-state index is 0.285. The van der Waals surface area contributed by atoms with E-state index in [1.807, 2.05) is 27.9 Å².